The van der Waals surface area contributed by atoms with E-state index in [1.54, 1.807) is 30.3 Å². The molecule has 2 atom stereocenters. The third-order valence-corrected chi connectivity index (χ3v) is 7.33. The van der Waals surface area contributed by atoms with Crippen LogP contribution in [0, 0.1) is 0 Å². The number of rotatable bonds is 12. The Labute approximate surface area is 246 Å². The molecule has 3 N–H and O–H groups in total. The summed E-state index contributed by atoms with van der Waals surface area (Å²) < 4.78 is 13.1. The fraction of sp³-hybridized carbons (Fsp3) is 0.310. The van der Waals surface area contributed by atoms with Crippen molar-refractivity contribution in [2.24, 2.45) is 4.99 Å². The number of hydrogen-bond donors (Lipinski definition) is 3. The minimum atomic E-state index is -1.38. The first kappa shape index (κ1) is 29.4. The summed E-state index contributed by atoms with van der Waals surface area (Å²) in [6, 6.07) is 20.2. The van der Waals surface area contributed by atoms with E-state index < -0.39 is 11.6 Å². The minimum Gasteiger partial charge on any atom is -0.494 e. The predicted octanol–water partition coefficient (Wildman–Crippen LogP) is 6.05. The van der Waals surface area contributed by atoms with Crippen LogP contribution in [0.25, 0.3) is 0 Å². The Balaban J connectivity index is 1.78. The summed E-state index contributed by atoms with van der Waals surface area (Å²) in [5, 5.41) is 9.86. The molecule has 3 aromatic rings. The van der Waals surface area contributed by atoms with Gasteiger partial charge in [0.05, 0.1) is 6.61 Å². The van der Waals surface area contributed by atoms with Gasteiger partial charge in [-0.1, -0.05) is 64.3 Å². The lowest BCUT2D eigenvalue weighted by molar-refractivity contribution is -0.130. The van der Waals surface area contributed by atoms with E-state index in [0.29, 0.717) is 52.4 Å². The van der Waals surface area contributed by atoms with E-state index in [2.05, 4.69) is 26.8 Å². The topological polar surface area (TPSA) is 92.2 Å². The first-order valence-electron chi connectivity index (χ1n) is 12.7. The number of hydrogen-bond acceptors (Lipinski definition) is 6. The summed E-state index contributed by atoms with van der Waals surface area (Å²) in [5.74, 6) is 0.634. The van der Waals surface area contributed by atoms with Crippen molar-refractivity contribution in [3.63, 3.8) is 0 Å². The van der Waals surface area contributed by atoms with Crippen LogP contribution in [0.15, 0.2) is 76.2 Å². The SMILES string of the molecule is CCCNNC(=O)[C@@]1(Cc2ccc(Br)cc2)N=C(c2ccc(OCCCO)cc2)O[C@H]1c1ccc(Cl)cc1Cl. The Bertz CT molecular complexity index is 1300. The van der Waals surface area contributed by atoms with Gasteiger partial charge in [-0.05, 0) is 60.5 Å². The fourth-order valence-electron chi connectivity index (χ4n) is 4.26. The number of carbonyl (C=O) groups is 1. The van der Waals surface area contributed by atoms with Gasteiger partial charge in [0.25, 0.3) is 5.91 Å². The first-order chi connectivity index (χ1) is 18.9. The maximum Gasteiger partial charge on any atom is 0.266 e. The number of carbonyl (C=O) groups excluding carboxylic acids is 1. The molecular weight excluding hydrogens is 605 g/mol. The van der Waals surface area contributed by atoms with Crippen LogP contribution in [-0.2, 0) is 16.0 Å². The minimum absolute atomic E-state index is 0.0625. The molecule has 3 aromatic carbocycles. The highest BCUT2D eigenvalue weighted by molar-refractivity contribution is 9.10. The number of nitrogens with one attached hydrogen (secondary N) is 2. The van der Waals surface area contributed by atoms with Gasteiger partial charge in [0.2, 0.25) is 5.90 Å². The number of benzene rings is 3. The number of hydrazine groups is 1. The summed E-state index contributed by atoms with van der Waals surface area (Å²) in [6.07, 6.45) is 0.810. The lowest BCUT2D eigenvalue weighted by atomic mass is 9.82. The van der Waals surface area contributed by atoms with Gasteiger partial charge in [-0.25, -0.2) is 10.4 Å². The van der Waals surface area contributed by atoms with E-state index in [0.717, 1.165) is 16.5 Å². The monoisotopic (exact) mass is 633 g/mol. The zero-order valence-corrected chi connectivity index (χ0v) is 24.5. The maximum absolute atomic E-state index is 14.0. The van der Waals surface area contributed by atoms with Crippen LogP contribution in [0.3, 0.4) is 0 Å². The van der Waals surface area contributed by atoms with Gasteiger partial charge in [0, 0.05) is 51.6 Å². The van der Waals surface area contributed by atoms with Crippen molar-refractivity contribution >= 4 is 50.9 Å². The molecular formula is C29H30BrCl2N3O4. The van der Waals surface area contributed by atoms with Crippen molar-refractivity contribution in [1.29, 1.82) is 0 Å². The first-order valence-corrected chi connectivity index (χ1v) is 14.2. The Kier molecular flexibility index (Phi) is 10.3. The van der Waals surface area contributed by atoms with Crippen molar-refractivity contribution < 1.29 is 19.4 Å². The van der Waals surface area contributed by atoms with Gasteiger partial charge in [-0.15, -0.1) is 0 Å². The highest BCUT2D eigenvalue weighted by Gasteiger charge is 2.54. The van der Waals surface area contributed by atoms with Crippen molar-refractivity contribution in [1.82, 2.24) is 10.9 Å². The van der Waals surface area contributed by atoms with Gasteiger partial charge in [-0.3, -0.25) is 10.2 Å². The molecule has 0 fully saturated rings. The Morgan fingerprint density at radius 1 is 1.13 bits per heavy atom. The zero-order valence-electron chi connectivity index (χ0n) is 21.4. The second-order valence-corrected chi connectivity index (χ2v) is 10.9. The highest BCUT2D eigenvalue weighted by atomic mass is 79.9. The summed E-state index contributed by atoms with van der Waals surface area (Å²) >= 11 is 16.3. The largest absolute Gasteiger partial charge is 0.494 e. The fourth-order valence-corrected chi connectivity index (χ4v) is 5.03. The third-order valence-electron chi connectivity index (χ3n) is 6.24. The number of ether oxygens (including phenoxy) is 2. The second kappa shape index (κ2) is 13.6. The van der Waals surface area contributed by atoms with Crippen LogP contribution in [0.2, 0.25) is 10.0 Å². The summed E-state index contributed by atoms with van der Waals surface area (Å²) in [6.45, 7) is 3.08. The zero-order chi connectivity index (χ0) is 27.8. The Morgan fingerprint density at radius 2 is 1.87 bits per heavy atom. The van der Waals surface area contributed by atoms with Crippen LogP contribution in [0.4, 0.5) is 0 Å². The summed E-state index contributed by atoms with van der Waals surface area (Å²) in [7, 11) is 0. The normalized spacial score (nSPS) is 18.4. The molecule has 0 aromatic heterocycles. The quantitative estimate of drug-likeness (QED) is 0.167. The third kappa shape index (κ3) is 7.13. The van der Waals surface area contributed by atoms with Crippen LogP contribution in [-0.4, -0.2) is 42.2 Å². The molecule has 0 saturated heterocycles. The molecule has 0 radical (unpaired) electrons. The lowest BCUT2D eigenvalue weighted by Crippen LogP contribution is -2.54. The number of aliphatic imine (C=N–C) groups is 1. The van der Waals surface area contributed by atoms with E-state index in [1.165, 1.54) is 0 Å². The molecule has 0 spiro atoms. The molecule has 0 bridgehead atoms. The summed E-state index contributed by atoms with van der Waals surface area (Å²) in [5.41, 5.74) is 6.65. The molecule has 1 aliphatic heterocycles. The van der Waals surface area contributed by atoms with Crippen molar-refractivity contribution in [3.05, 3.63) is 97.9 Å². The van der Waals surface area contributed by atoms with Gasteiger partial charge < -0.3 is 14.6 Å². The second-order valence-electron chi connectivity index (χ2n) is 9.14. The standard InChI is InChI=1S/C29H30BrCl2N3O4/c1-2-14-33-35-28(37)29(18-19-4-8-21(30)9-5-19)26(24-13-10-22(31)17-25(24)32)39-27(34-29)20-6-11-23(12-7-20)38-16-3-15-36/h4-13,17,26,33,36H,2-3,14-16,18H2,1H3,(H,35,37)/t26-,29-/m0/s1. The molecule has 206 valence electrons. The molecule has 4 rings (SSSR count). The Hall–Kier alpha value is -2.62. The number of aliphatic hydroxyl groups is 1. The molecule has 1 heterocycles. The number of halogens is 3. The van der Waals surface area contributed by atoms with E-state index in [1.807, 2.05) is 43.3 Å². The molecule has 1 aliphatic rings. The van der Waals surface area contributed by atoms with Gasteiger partial charge >= 0.3 is 0 Å². The van der Waals surface area contributed by atoms with Crippen LogP contribution >= 0.6 is 39.1 Å². The van der Waals surface area contributed by atoms with Gasteiger partial charge in [0.15, 0.2) is 11.6 Å². The van der Waals surface area contributed by atoms with Crippen molar-refractivity contribution in [2.75, 3.05) is 19.8 Å². The van der Waals surface area contributed by atoms with Gasteiger partial charge in [-0.2, -0.15) is 0 Å². The number of aliphatic hydroxyl groups excluding tert-OH is 1. The Morgan fingerprint density at radius 3 is 2.54 bits per heavy atom. The highest BCUT2D eigenvalue weighted by Crippen LogP contribution is 2.45. The molecule has 39 heavy (non-hydrogen) atoms. The van der Waals surface area contributed by atoms with Gasteiger partial charge in [0.1, 0.15) is 5.75 Å². The van der Waals surface area contributed by atoms with Crippen LogP contribution in [0.1, 0.15) is 42.6 Å². The van der Waals surface area contributed by atoms with Crippen LogP contribution < -0.4 is 15.6 Å². The average molecular weight is 635 g/mol. The smallest absolute Gasteiger partial charge is 0.266 e. The van der Waals surface area contributed by atoms with E-state index in [-0.39, 0.29) is 18.9 Å². The number of nitrogens with zero attached hydrogens (tertiary/aromatic N) is 1. The molecule has 0 saturated carbocycles. The lowest BCUT2D eigenvalue weighted by Gasteiger charge is -2.31. The predicted molar refractivity (Wildman–Crippen MR) is 157 cm³/mol. The molecule has 0 unspecified atom stereocenters. The van der Waals surface area contributed by atoms with E-state index in [4.69, 9.17) is 42.8 Å². The summed E-state index contributed by atoms with van der Waals surface area (Å²) in [4.78, 5) is 19.0. The maximum atomic E-state index is 14.0. The van der Waals surface area contributed by atoms with Crippen molar-refractivity contribution in [2.45, 2.75) is 37.8 Å². The average Bonchev–Trinajstić information content (AvgIpc) is 3.30. The van der Waals surface area contributed by atoms with E-state index in [9.17, 15) is 4.79 Å². The molecule has 10 heteroatoms. The van der Waals surface area contributed by atoms with E-state index >= 15 is 0 Å². The molecule has 7 nitrogen and oxygen atoms in total. The molecule has 0 aliphatic carbocycles. The van der Waals surface area contributed by atoms with Crippen molar-refractivity contribution in [3.8, 4) is 5.75 Å². The van der Waals surface area contributed by atoms with Crippen LogP contribution in [0.5, 0.6) is 5.75 Å². The number of amides is 1. The molecule has 1 amide bonds.